The standard InChI is InChI=1S/C18H25BN4O3/c1-12-5-6-14(19)7-15(12)23(13(2)24)16(22-20)8-21-9-17-25-10-18(3,4)11-26-17/h5-8,17H,9-11,20H2,1-4H3/b21-8?,22-16+. The first-order chi connectivity index (χ1) is 12.2. The zero-order valence-corrected chi connectivity index (χ0v) is 15.7. The summed E-state index contributed by atoms with van der Waals surface area (Å²) in [6.07, 6.45) is 1.02. The number of amidine groups is 1. The number of amides is 1. The minimum atomic E-state index is -0.418. The summed E-state index contributed by atoms with van der Waals surface area (Å²) in [5, 5.41) is 3.71. The van der Waals surface area contributed by atoms with Gasteiger partial charge in [0.15, 0.2) is 12.1 Å². The molecule has 8 heteroatoms. The van der Waals surface area contributed by atoms with E-state index in [1.165, 1.54) is 18.0 Å². The fourth-order valence-electron chi connectivity index (χ4n) is 2.52. The minimum absolute atomic E-state index is 0.000285. The Hall–Kier alpha value is -2.19. The maximum absolute atomic E-state index is 12.2. The molecule has 138 valence electrons. The van der Waals surface area contributed by atoms with Gasteiger partial charge in [-0.3, -0.25) is 14.7 Å². The first-order valence-electron chi connectivity index (χ1n) is 8.41. The number of carbonyl (C=O) groups is 1. The second-order valence-electron chi connectivity index (χ2n) is 7.10. The van der Waals surface area contributed by atoms with Crippen LogP contribution >= 0.6 is 0 Å². The molecule has 1 fully saturated rings. The summed E-state index contributed by atoms with van der Waals surface area (Å²) in [6.45, 7) is 8.95. The summed E-state index contributed by atoms with van der Waals surface area (Å²) >= 11 is 0. The molecule has 1 aromatic carbocycles. The SMILES string of the molecule is [B]c1ccc(C)c(N(C(C)=O)/C(C=NCC2OCC(C)(C)CO2)=N/N)c1. The van der Waals surface area contributed by atoms with Crippen molar-refractivity contribution in [3.63, 3.8) is 0 Å². The van der Waals surface area contributed by atoms with Crippen molar-refractivity contribution >= 4 is 37.0 Å². The average molecular weight is 356 g/mol. The highest BCUT2D eigenvalue weighted by Gasteiger charge is 2.28. The van der Waals surface area contributed by atoms with Crippen molar-refractivity contribution in [2.45, 2.75) is 34.0 Å². The highest BCUT2D eigenvalue weighted by Crippen LogP contribution is 2.23. The van der Waals surface area contributed by atoms with Crippen LogP contribution in [0.1, 0.15) is 26.3 Å². The first-order valence-corrected chi connectivity index (χ1v) is 8.41. The Labute approximate surface area is 155 Å². The van der Waals surface area contributed by atoms with Crippen LogP contribution in [0.4, 0.5) is 5.69 Å². The van der Waals surface area contributed by atoms with Crippen molar-refractivity contribution in [1.82, 2.24) is 0 Å². The van der Waals surface area contributed by atoms with Crippen LogP contribution in [0.3, 0.4) is 0 Å². The van der Waals surface area contributed by atoms with Crippen molar-refractivity contribution < 1.29 is 14.3 Å². The fourth-order valence-corrected chi connectivity index (χ4v) is 2.52. The molecule has 1 heterocycles. The molecule has 0 unspecified atom stereocenters. The van der Waals surface area contributed by atoms with Crippen molar-refractivity contribution in [3.8, 4) is 0 Å². The zero-order chi connectivity index (χ0) is 19.3. The Kier molecular flexibility index (Phi) is 6.55. The summed E-state index contributed by atoms with van der Waals surface area (Å²) in [5.74, 6) is 5.46. The second-order valence-corrected chi connectivity index (χ2v) is 7.10. The molecule has 26 heavy (non-hydrogen) atoms. The minimum Gasteiger partial charge on any atom is -0.350 e. The van der Waals surface area contributed by atoms with E-state index in [0.29, 0.717) is 24.4 Å². The molecule has 0 aliphatic carbocycles. The number of aryl methyl sites for hydroxylation is 1. The number of hydrazone groups is 1. The lowest BCUT2D eigenvalue weighted by molar-refractivity contribution is -0.215. The molecule has 2 rings (SSSR count). The lowest BCUT2D eigenvalue weighted by Gasteiger charge is -2.33. The number of carbonyl (C=O) groups excluding carboxylic acids is 1. The predicted octanol–water partition coefficient (Wildman–Crippen LogP) is 0.884. The van der Waals surface area contributed by atoms with E-state index in [-0.39, 0.29) is 23.7 Å². The molecular weight excluding hydrogens is 331 g/mol. The summed E-state index contributed by atoms with van der Waals surface area (Å²) in [7, 11) is 5.85. The van der Waals surface area contributed by atoms with Gasteiger partial charge in [-0.05, 0) is 18.6 Å². The van der Waals surface area contributed by atoms with Crippen molar-refractivity contribution in [2.24, 2.45) is 21.4 Å². The molecule has 0 aromatic heterocycles. The summed E-state index contributed by atoms with van der Waals surface area (Å²) in [4.78, 5) is 17.8. The van der Waals surface area contributed by atoms with Gasteiger partial charge in [0.2, 0.25) is 5.91 Å². The maximum Gasteiger partial charge on any atom is 0.229 e. The molecule has 1 aliphatic rings. The van der Waals surface area contributed by atoms with Gasteiger partial charge in [0, 0.05) is 12.3 Å². The second kappa shape index (κ2) is 8.46. The van der Waals surface area contributed by atoms with Crippen LogP contribution in [0.15, 0.2) is 28.3 Å². The van der Waals surface area contributed by atoms with E-state index in [9.17, 15) is 4.79 Å². The van der Waals surface area contributed by atoms with Crippen molar-refractivity contribution in [1.29, 1.82) is 0 Å². The van der Waals surface area contributed by atoms with Gasteiger partial charge < -0.3 is 15.3 Å². The lowest BCUT2D eigenvalue weighted by Crippen LogP contribution is -2.40. The quantitative estimate of drug-likeness (QED) is 0.285. The molecular formula is C18H25BN4O3. The van der Waals surface area contributed by atoms with Gasteiger partial charge in [-0.1, -0.05) is 31.4 Å². The summed E-state index contributed by atoms with van der Waals surface area (Å²) in [5.41, 5.74) is 2.02. The first kappa shape index (κ1) is 20.1. The van der Waals surface area contributed by atoms with Crippen molar-refractivity contribution in [2.75, 3.05) is 24.7 Å². The predicted molar refractivity (Wildman–Crippen MR) is 104 cm³/mol. The number of anilines is 1. The molecule has 0 saturated carbocycles. The highest BCUT2D eigenvalue weighted by atomic mass is 16.7. The monoisotopic (exact) mass is 356 g/mol. The van der Waals surface area contributed by atoms with Gasteiger partial charge in [0.25, 0.3) is 0 Å². The largest absolute Gasteiger partial charge is 0.350 e. The Bertz CT molecular complexity index is 708. The summed E-state index contributed by atoms with van der Waals surface area (Å²) in [6, 6.07) is 5.30. The van der Waals surface area contributed by atoms with E-state index < -0.39 is 6.29 Å². The number of hydrogen-bond acceptors (Lipinski definition) is 6. The molecule has 2 radical (unpaired) electrons. The van der Waals surface area contributed by atoms with Crippen LogP contribution in [0.2, 0.25) is 0 Å². The van der Waals surface area contributed by atoms with Gasteiger partial charge in [-0.15, -0.1) is 0 Å². The number of rotatable bonds is 4. The highest BCUT2D eigenvalue weighted by molar-refractivity contribution is 6.42. The van der Waals surface area contributed by atoms with E-state index in [2.05, 4.69) is 23.9 Å². The molecule has 0 atom stereocenters. The number of ether oxygens (including phenoxy) is 2. The van der Waals surface area contributed by atoms with Crippen LogP contribution in [-0.4, -0.2) is 51.9 Å². The topological polar surface area (TPSA) is 89.5 Å². The number of benzene rings is 1. The fraction of sp³-hybridized carbons (Fsp3) is 0.500. The smallest absolute Gasteiger partial charge is 0.229 e. The molecule has 1 saturated heterocycles. The third-order valence-electron chi connectivity index (χ3n) is 3.93. The van der Waals surface area contributed by atoms with E-state index >= 15 is 0 Å². The van der Waals surface area contributed by atoms with Gasteiger partial charge in [-0.2, -0.15) is 5.10 Å². The third-order valence-corrected chi connectivity index (χ3v) is 3.93. The molecule has 1 aromatic rings. The van der Waals surface area contributed by atoms with E-state index in [4.69, 9.17) is 23.2 Å². The van der Waals surface area contributed by atoms with Gasteiger partial charge in [-0.25, -0.2) is 0 Å². The third kappa shape index (κ3) is 5.16. The van der Waals surface area contributed by atoms with Crippen LogP contribution in [0, 0.1) is 12.3 Å². The normalized spacial score (nSPS) is 18.2. The number of hydrogen-bond donors (Lipinski definition) is 1. The summed E-state index contributed by atoms with van der Waals surface area (Å²) < 4.78 is 11.3. The van der Waals surface area contributed by atoms with Crippen LogP contribution in [-0.2, 0) is 14.3 Å². The number of nitrogens with two attached hydrogens (primary N) is 1. The van der Waals surface area contributed by atoms with Gasteiger partial charge in [0.05, 0.1) is 31.7 Å². The molecule has 1 aliphatic heterocycles. The number of aliphatic imine (C=N–C) groups is 1. The van der Waals surface area contributed by atoms with Gasteiger partial charge >= 0.3 is 0 Å². The molecule has 0 bridgehead atoms. The van der Waals surface area contributed by atoms with Gasteiger partial charge in [0.1, 0.15) is 7.85 Å². The Morgan fingerprint density at radius 2 is 2.08 bits per heavy atom. The Morgan fingerprint density at radius 3 is 2.65 bits per heavy atom. The maximum atomic E-state index is 12.2. The van der Waals surface area contributed by atoms with E-state index in [1.54, 1.807) is 12.1 Å². The van der Waals surface area contributed by atoms with Crippen LogP contribution < -0.4 is 16.2 Å². The van der Waals surface area contributed by atoms with Crippen LogP contribution in [0.5, 0.6) is 0 Å². The van der Waals surface area contributed by atoms with E-state index in [0.717, 1.165) is 5.56 Å². The van der Waals surface area contributed by atoms with Crippen LogP contribution in [0.25, 0.3) is 0 Å². The lowest BCUT2D eigenvalue weighted by atomic mass is 9.94. The average Bonchev–Trinajstić information content (AvgIpc) is 2.58. The zero-order valence-electron chi connectivity index (χ0n) is 15.7. The van der Waals surface area contributed by atoms with Crippen molar-refractivity contribution in [3.05, 3.63) is 23.8 Å². The molecule has 1 amide bonds. The molecule has 0 spiro atoms. The Morgan fingerprint density at radius 1 is 1.42 bits per heavy atom. The van der Waals surface area contributed by atoms with E-state index in [1.807, 2.05) is 13.0 Å². The number of nitrogens with zero attached hydrogens (tertiary/aromatic N) is 3. The molecule has 7 nitrogen and oxygen atoms in total. The molecule has 2 N–H and O–H groups in total. The Balaban J connectivity index is 2.12.